The third-order valence-corrected chi connectivity index (χ3v) is 4.34. The largest absolute Gasteiger partial charge is 0.466 e. The lowest BCUT2D eigenvalue weighted by Crippen LogP contribution is -2.31. The zero-order valence-corrected chi connectivity index (χ0v) is 13.6. The number of aliphatic hydroxyl groups is 1. The average molecular weight is 352 g/mol. The minimum absolute atomic E-state index is 0.0226. The van der Waals surface area contributed by atoms with Gasteiger partial charge in [0.25, 0.3) is 11.8 Å². The van der Waals surface area contributed by atoms with Gasteiger partial charge in [-0.2, -0.15) is 0 Å². The van der Waals surface area contributed by atoms with E-state index in [1.807, 2.05) is 0 Å². The van der Waals surface area contributed by atoms with Crippen LogP contribution in [0.25, 0.3) is 0 Å². The molecule has 134 valence electrons. The monoisotopic (exact) mass is 352 g/mol. The summed E-state index contributed by atoms with van der Waals surface area (Å²) in [5.74, 6) is -4.60. The number of amides is 1. The van der Waals surface area contributed by atoms with Gasteiger partial charge in [0.2, 0.25) is 0 Å². The maximum atomic E-state index is 13.3. The van der Waals surface area contributed by atoms with Gasteiger partial charge in [-0.15, -0.1) is 0 Å². The number of rotatable bonds is 6. The van der Waals surface area contributed by atoms with Crippen LogP contribution in [0.2, 0.25) is 0 Å². The van der Waals surface area contributed by atoms with E-state index < -0.39 is 23.7 Å². The molecule has 1 atom stereocenters. The van der Waals surface area contributed by atoms with Crippen molar-refractivity contribution in [2.45, 2.75) is 18.3 Å². The lowest BCUT2D eigenvalue weighted by molar-refractivity contribution is -0.136. The first-order chi connectivity index (χ1) is 11.9. The molecular weight excluding hydrogens is 334 g/mol. The van der Waals surface area contributed by atoms with Crippen LogP contribution < -0.4 is 5.32 Å². The molecule has 1 amide bonds. The van der Waals surface area contributed by atoms with Crippen molar-refractivity contribution in [2.24, 2.45) is 0 Å². The fourth-order valence-corrected chi connectivity index (χ4v) is 2.90. The summed E-state index contributed by atoms with van der Waals surface area (Å²) in [5, 5.41) is 11.9. The van der Waals surface area contributed by atoms with Crippen molar-refractivity contribution in [3.8, 4) is 0 Å². The van der Waals surface area contributed by atoms with Crippen molar-refractivity contribution in [1.29, 1.82) is 0 Å². The number of nitrogens with zero attached hydrogens (tertiary/aromatic N) is 1. The number of anilines is 1. The molecule has 0 aromatic heterocycles. The van der Waals surface area contributed by atoms with Crippen LogP contribution in [0.1, 0.15) is 17.9 Å². The van der Waals surface area contributed by atoms with Crippen molar-refractivity contribution in [2.75, 3.05) is 32.1 Å². The maximum Gasteiger partial charge on any atom is 0.337 e. The molecule has 1 saturated carbocycles. The molecule has 0 spiro atoms. The first-order valence-electron chi connectivity index (χ1n) is 7.83. The Hall–Kier alpha value is -2.48. The number of β-amino-alcohol motifs (C(OH)–C–C–N with tert-alkyl or cyclic N) is 1. The van der Waals surface area contributed by atoms with Crippen LogP contribution in [-0.4, -0.2) is 54.6 Å². The van der Waals surface area contributed by atoms with Crippen LogP contribution in [-0.2, 0) is 14.3 Å². The molecule has 0 bridgehead atoms. The summed E-state index contributed by atoms with van der Waals surface area (Å²) in [7, 11) is 1.21. The highest BCUT2D eigenvalue weighted by atomic mass is 19.3. The summed E-state index contributed by atoms with van der Waals surface area (Å²) in [5.41, 5.74) is 1.10. The van der Waals surface area contributed by atoms with E-state index in [1.54, 1.807) is 24.3 Å². The topological polar surface area (TPSA) is 78.9 Å². The van der Waals surface area contributed by atoms with Crippen molar-refractivity contribution < 1.29 is 28.2 Å². The molecule has 1 aromatic carbocycles. The number of nitrogens with one attached hydrogen (secondary N) is 1. The standard InChI is InChI=1S/C17H18F2N2O4/c1-25-16(24)12-9-21(5-6-22)15(23)14(12)20-11-4-2-3-10(7-11)13-8-17(13,18)19/h2-4,7,13,20,22H,5-6,8-9H2,1H3. The Bertz CT molecular complexity index is 748. The Morgan fingerprint density at radius 3 is 2.80 bits per heavy atom. The number of hydrogen-bond acceptors (Lipinski definition) is 5. The van der Waals surface area contributed by atoms with Gasteiger partial charge in [0.1, 0.15) is 5.70 Å². The van der Waals surface area contributed by atoms with Crippen molar-refractivity contribution >= 4 is 17.6 Å². The molecule has 1 aliphatic heterocycles. The van der Waals surface area contributed by atoms with E-state index in [-0.39, 0.29) is 37.4 Å². The van der Waals surface area contributed by atoms with Crippen molar-refractivity contribution in [3.63, 3.8) is 0 Å². The summed E-state index contributed by atoms with van der Waals surface area (Å²) < 4.78 is 31.2. The molecule has 1 fully saturated rings. The van der Waals surface area contributed by atoms with Gasteiger partial charge in [0, 0.05) is 18.7 Å². The summed E-state index contributed by atoms with van der Waals surface area (Å²) in [6.07, 6.45) is -0.185. The summed E-state index contributed by atoms with van der Waals surface area (Å²) >= 11 is 0. The molecule has 1 aliphatic carbocycles. The first-order valence-corrected chi connectivity index (χ1v) is 7.83. The number of hydrogen-bond donors (Lipinski definition) is 2. The Labute approximate surface area is 143 Å². The number of carbonyl (C=O) groups is 2. The van der Waals surface area contributed by atoms with Crippen molar-refractivity contribution in [1.82, 2.24) is 4.90 Å². The second-order valence-electron chi connectivity index (χ2n) is 6.06. The van der Waals surface area contributed by atoms with Gasteiger partial charge in [0.15, 0.2) is 0 Å². The van der Waals surface area contributed by atoms with Gasteiger partial charge in [0.05, 0.1) is 31.8 Å². The number of methoxy groups -OCH3 is 1. The molecule has 25 heavy (non-hydrogen) atoms. The van der Waals surface area contributed by atoms with Crippen LogP contribution in [0.4, 0.5) is 14.5 Å². The van der Waals surface area contributed by atoms with E-state index >= 15 is 0 Å². The third-order valence-electron chi connectivity index (χ3n) is 4.34. The van der Waals surface area contributed by atoms with Crippen LogP contribution in [0, 0.1) is 0 Å². The zero-order valence-electron chi connectivity index (χ0n) is 13.6. The normalized spacial score (nSPS) is 21.5. The lowest BCUT2D eigenvalue weighted by Gasteiger charge is -2.15. The lowest BCUT2D eigenvalue weighted by atomic mass is 10.1. The number of esters is 1. The van der Waals surface area contributed by atoms with Gasteiger partial charge in [-0.25, -0.2) is 13.6 Å². The number of aliphatic hydroxyl groups excluding tert-OH is 1. The van der Waals surface area contributed by atoms with Crippen LogP contribution in [0.15, 0.2) is 35.5 Å². The highest BCUT2D eigenvalue weighted by Crippen LogP contribution is 2.55. The van der Waals surface area contributed by atoms with E-state index in [0.29, 0.717) is 11.3 Å². The second-order valence-corrected chi connectivity index (χ2v) is 6.06. The molecule has 3 rings (SSSR count). The number of benzene rings is 1. The van der Waals surface area contributed by atoms with Gasteiger partial charge in [-0.3, -0.25) is 4.79 Å². The molecule has 0 radical (unpaired) electrons. The molecule has 1 aromatic rings. The molecule has 8 heteroatoms. The molecular formula is C17H18F2N2O4. The molecule has 1 unspecified atom stereocenters. The highest BCUT2D eigenvalue weighted by Gasteiger charge is 2.57. The Morgan fingerprint density at radius 1 is 1.48 bits per heavy atom. The van der Waals surface area contributed by atoms with Gasteiger partial charge >= 0.3 is 5.97 Å². The van der Waals surface area contributed by atoms with Crippen LogP contribution in [0.5, 0.6) is 0 Å². The maximum absolute atomic E-state index is 13.3. The Kier molecular flexibility index (Phi) is 4.47. The number of carbonyl (C=O) groups excluding carboxylic acids is 2. The summed E-state index contributed by atoms with van der Waals surface area (Å²) in [6, 6.07) is 6.42. The molecule has 2 N–H and O–H groups in total. The minimum atomic E-state index is -2.68. The quantitative estimate of drug-likeness (QED) is 0.759. The smallest absolute Gasteiger partial charge is 0.337 e. The predicted octanol–water partition coefficient (Wildman–Crippen LogP) is 1.48. The molecule has 0 saturated heterocycles. The highest BCUT2D eigenvalue weighted by molar-refractivity contribution is 6.08. The summed E-state index contributed by atoms with van der Waals surface area (Å²) in [6.45, 7) is -0.132. The molecule has 1 heterocycles. The third kappa shape index (κ3) is 3.34. The van der Waals surface area contributed by atoms with Gasteiger partial charge < -0.3 is 20.1 Å². The van der Waals surface area contributed by atoms with E-state index in [2.05, 4.69) is 5.32 Å². The van der Waals surface area contributed by atoms with E-state index in [4.69, 9.17) is 9.84 Å². The molecule has 2 aliphatic rings. The van der Waals surface area contributed by atoms with Crippen molar-refractivity contribution in [3.05, 3.63) is 41.1 Å². The van der Waals surface area contributed by atoms with E-state index in [9.17, 15) is 18.4 Å². The predicted molar refractivity (Wildman–Crippen MR) is 85.1 cm³/mol. The molecule has 6 nitrogen and oxygen atoms in total. The van der Waals surface area contributed by atoms with Crippen LogP contribution in [0.3, 0.4) is 0 Å². The fourth-order valence-electron chi connectivity index (χ4n) is 2.90. The second kappa shape index (κ2) is 6.44. The van der Waals surface area contributed by atoms with Gasteiger partial charge in [-0.05, 0) is 17.7 Å². The zero-order chi connectivity index (χ0) is 18.2. The SMILES string of the molecule is COC(=O)C1=C(Nc2cccc(C3CC3(F)F)c2)C(=O)N(CCO)C1. The summed E-state index contributed by atoms with van der Waals surface area (Å²) in [4.78, 5) is 25.7. The van der Waals surface area contributed by atoms with E-state index in [1.165, 1.54) is 12.0 Å². The Morgan fingerprint density at radius 2 is 2.20 bits per heavy atom. The number of ether oxygens (including phenoxy) is 1. The minimum Gasteiger partial charge on any atom is -0.466 e. The van der Waals surface area contributed by atoms with Gasteiger partial charge in [-0.1, -0.05) is 12.1 Å². The number of alkyl halides is 2. The Balaban J connectivity index is 1.85. The number of halogens is 2. The first kappa shape index (κ1) is 17.3. The van der Waals surface area contributed by atoms with Crippen LogP contribution >= 0.6 is 0 Å². The van der Waals surface area contributed by atoms with E-state index in [0.717, 1.165) is 0 Å². The fraction of sp³-hybridized carbons (Fsp3) is 0.412. The average Bonchev–Trinajstić information content (AvgIpc) is 3.14.